The quantitative estimate of drug-likeness (QED) is 0.0163. The standard InChI is InChI=1S/C73H95F5N10O9S4/c1-49(16-27-64(74)75)60-43-72(6,7)30-28-54(60)45-86-37-39-87(40-38-86)56-23-21-53(22-24-56)68(91)83-101(96,97)59-25-26-61(63(42-59)100(94,95)73(76,77)78)81-55(47-98-58-13-9-8-10-14-58)29-32-85-35-33-84(34-36-85)31-12-11-15-65(90)82-67(71(3,4)5)70(93)88-46-57(89)41-62(88)69(92)79-44-51-17-19-52(20-18-51)66-50(2)80-48-99-66/h8-10,13-14,17-26,42,48,55,57,62,64,67,81,89H,1,11-12,15-16,27-41,43-47H2,2-7H3,(H,79,92)(H,82,90)(H,83,91)/t55-,57-,62+,67-/m1/s1. The minimum atomic E-state index is -6.18. The number of nitrogens with one attached hydrogen (secondary N) is 4. The molecule has 0 saturated carbocycles. The summed E-state index contributed by atoms with van der Waals surface area (Å²) in [7, 11) is -11.1. The van der Waals surface area contributed by atoms with Crippen molar-refractivity contribution in [2.75, 3.05) is 94.5 Å². The molecule has 9 rings (SSSR count). The molecule has 4 amide bonds. The lowest BCUT2D eigenvalue weighted by atomic mass is 9.72. The average Bonchev–Trinajstić information content (AvgIpc) is 1.38. The average molecular weight is 1480 g/mol. The fourth-order valence-electron chi connectivity index (χ4n) is 13.3. The lowest BCUT2D eigenvalue weighted by Crippen LogP contribution is -2.57. The highest BCUT2D eigenvalue weighted by atomic mass is 32.2. The molecule has 4 atom stereocenters. The number of thioether (sulfide) groups is 1. The summed E-state index contributed by atoms with van der Waals surface area (Å²) >= 11 is 2.96. The first-order valence-electron chi connectivity index (χ1n) is 34.4. The van der Waals surface area contributed by atoms with Crippen LogP contribution in [-0.4, -0.2) is 191 Å². The zero-order valence-electron chi connectivity index (χ0n) is 58.3. The molecule has 101 heavy (non-hydrogen) atoms. The SMILES string of the molecule is C=C(CCC(F)F)C1=C(CN2CCN(c3ccc(C(=O)NS(=O)(=O)c4ccc(N[C@H](CCN5CCN(CCCCC(=O)N[C@H](C(=O)N6C[C@H](O)C[C@H]6C(=O)NCc6ccc(-c7scnc7C)cc6)C(C)(C)C)CC5)CSc5ccccc5)c(S(=O)(=O)C(F)(F)F)c4)cc3)CC2)CCC(C)(C)C1. The Bertz CT molecular complexity index is 3950. The number of piperazine rings is 2. The summed E-state index contributed by atoms with van der Waals surface area (Å²) in [6.45, 7) is 23.4. The molecule has 0 bridgehead atoms. The van der Waals surface area contributed by atoms with E-state index in [1.807, 2.05) is 87.0 Å². The molecule has 5 aromatic rings. The number of alkyl halides is 5. The first kappa shape index (κ1) is 78.3. The predicted molar refractivity (Wildman–Crippen MR) is 386 cm³/mol. The van der Waals surface area contributed by atoms with Gasteiger partial charge in [-0.15, -0.1) is 23.1 Å². The minimum Gasteiger partial charge on any atom is -0.391 e. The molecular weight excluding hydrogens is 1380 g/mol. The Hall–Kier alpha value is -6.79. The van der Waals surface area contributed by atoms with Crippen molar-refractivity contribution < 1.29 is 63.1 Å². The molecule has 4 heterocycles. The number of unbranched alkanes of at least 4 members (excludes halogenated alkanes) is 1. The van der Waals surface area contributed by atoms with Crippen molar-refractivity contribution in [2.24, 2.45) is 10.8 Å². The molecule has 0 unspecified atom stereocenters. The highest BCUT2D eigenvalue weighted by Crippen LogP contribution is 2.43. The number of thiazole rings is 1. The maximum Gasteiger partial charge on any atom is 0.501 e. The van der Waals surface area contributed by atoms with Gasteiger partial charge in [-0.05, 0) is 141 Å². The molecule has 4 aromatic carbocycles. The molecular formula is C73H95F5N10O9S4. The van der Waals surface area contributed by atoms with E-state index in [-0.39, 0.29) is 61.4 Å². The Morgan fingerprint density at radius 3 is 2.12 bits per heavy atom. The number of allylic oxidation sites excluding steroid dienone is 2. The molecule has 0 radical (unpaired) electrons. The van der Waals surface area contributed by atoms with Gasteiger partial charge in [-0.3, -0.25) is 24.1 Å². The van der Waals surface area contributed by atoms with Gasteiger partial charge in [0.15, 0.2) is 0 Å². The van der Waals surface area contributed by atoms with Gasteiger partial charge in [-0.25, -0.2) is 35.3 Å². The second kappa shape index (κ2) is 34.2. The third kappa shape index (κ3) is 21.4. The topological polar surface area (TPSA) is 234 Å². The number of hydrogen-bond donors (Lipinski definition) is 5. The zero-order valence-corrected chi connectivity index (χ0v) is 61.6. The molecule has 3 aliphatic heterocycles. The van der Waals surface area contributed by atoms with Crippen molar-refractivity contribution in [1.82, 2.24) is 39.9 Å². The van der Waals surface area contributed by atoms with Crippen LogP contribution in [0.3, 0.4) is 0 Å². The van der Waals surface area contributed by atoms with Crippen molar-refractivity contribution in [3.63, 3.8) is 0 Å². The van der Waals surface area contributed by atoms with Crippen molar-refractivity contribution in [3.8, 4) is 10.4 Å². The Kier molecular flexibility index (Phi) is 26.5. The van der Waals surface area contributed by atoms with Crippen LogP contribution in [0.2, 0.25) is 0 Å². The number of aliphatic hydroxyl groups is 1. The van der Waals surface area contributed by atoms with Gasteiger partial charge >= 0.3 is 5.51 Å². The monoisotopic (exact) mass is 1480 g/mol. The van der Waals surface area contributed by atoms with Crippen molar-refractivity contribution in [3.05, 3.63) is 143 Å². The van der Waals surface area contributed by atoms with Crippen LogP contribution in [0.1, 0.15) is 120 Å². The van der Waals surface area contributed by atoms with Crippen LogP contribution < -0.4 is 25.6 Å². The molecule has 28 heteroatoms. The zero-order chi connectivity index (χ0) is 73.0. The number of carbonyl (C=O) groups is 4. The number of benzene rings is 4. The number of aryl methyl sites for hydroxylation is 1. The second-order valence-electron chi connectivity index (χ2n) is 28.6. The van der Waals surface area contributed by atoms with E-state index in [0.717, 1.165) is 74.8 Å². The summed E-state index contributed by atoms with van der Waals surface area (Å²) in [5.74, 6) is -1.96. The number of halogens is 5. The fraction of sp³-hybridized carbons (Fsp3) is 0.521. The van der Waals surface area contributed by atoms with Crippen LogP contribution in [0, 0.1) is 17.8 Å². The molecule has 0 spiro atoms. The highest BCUT2D eigenvalue weighted by molar-refractivity contribution is 7.99. The summed E-state index contributed by atoms with van der Waals surface area (Å²) in [5, 5.41) is 19.6. The minimum absolute atomic E-state index is 0.0461. The van der Waals surface area contributed by atoms with E-state index in [4.69, 9.17) is 0 Å². The Morgan fingerprint density at radius 1 is 0.822 bits per heavy atom. The van der Waals surface area contributed by atoms with Gasteiger partial charge in [0.1, 0.15) is 17.0 Å². The maximum atomic E-state index is 14.6. The summed E-state index contributed by atoms with van der Waals surface area (Å²) in [6, 6.07) is 23.1. The molecule has 1 aliphatic carbocycles. The largest absolute Gasteiger partial charge is 0.501 e. The van der Waals surface area contributed by atoms with Crippen LogP contribution in [0.5, 0.6) is 0 Å². The van der Waals surface area contributed by atoms with E-state index >= 15 is 0 Å². The van der Waals surface area contributed by atoms with Crippen LogP contribution in [-0.2, 0) is 40.8 Å². The molecule has 19 nitrogen and oxygen atoms in total. The number of carbonyl (C=O) groups excluding carboxylic acids is 4. The van der Waals surface area contributed by atoms with Gasteiger partial charge in [0.25, 0.3) is 25.8 Å². The smallest absolute Gasteiger partial charge is 0.391 e. The number of nitrogens with zero attached hydrogens (tertiary/aromatic N) is 6. The highest BCUT2D eigenvalue weighted by Gasteiger charge is 2.49. The van der Waals surface area contributed by atoms with Crippen molar-refractivity contribution in [2.45, 2.75) is 163 Å². The predicted octanol–water partition coefficient (Wildman–Crippen LogP) is 11.3. The van der Waals surface area contributed by atoms with Gasteiger partial charge in [0.05, 0.1) is 32.8 Å². The van der Waals surface area contributed by atoms with E-state index < -0.39 is 94.6 Å². The number of hydrogen-bond acceptors (Lipinski definition) is 17. The number of amides is 4. The molecule has 5 N–H and O–H groups in total. The summed E-state index contributed by atoms with van der Waals surface area (Å²) in [6.07, 6.45) is 1.13. The summed E-state index contributed by atoms with van der Waals surface area (Å²) in [4.78, 5) is 69.3. The molecule has 3 fully saturated rings. The number of sulfone groups is 1. The Labute approximate surface area is 599 Å². The van der Waals surface area contributed by atoms with Crippen LogP contribution in [0.15, 0.2) is 141 Å². The summed E-state index contributed by atoms with van der Waals surface area (Å²) in [5.41, 5.74) is 1.46. The van der Waals surface area contributed by atoms with Gasteiger partial charge < -0.3 is 40.7 Å². The number of anilines is 2. The van der Waals surface area contributed by atoms with Gasteiger partial charge in [0, 0.05) is 126 Å². The van der Waals surface area contributed by atoms with Gasteiger partial charge in [0.2, 0.25) is 24.1 Å². The lowest BCUT2D eigenvalue weighted by Gasteiger charge is -2.39. The van der Waals surface area contributed by atoms with E-state index in [1.165, 1.54) is 34.4 Å². The van der Waals surface area contributed by atoms with Crippen LogP contribution in [0.25, 0.3) is 10.4 Å². The third-order valence-electron chi connectivity index (χ3n) is 19.3. The number of β-amino-alcohol motifs (C(OH)–C–C–N with tert-alkyl or cyclic N) is 1. The van der Waals surface area contributed by atoms with E-state index in [2.05, 4.69) is 61.0 Å². The molecule has 4 aliphatic rings. The number of sulfonamides is 1. The number of rotatable bonds is 30. The number of likely N-dealkylation sites (tertiary alicyclic amines) is 1. The van der Waals surface area contributed by atoms with Crippen molar-refractivity contribution >= 4 is 78.0 Å². The normalized spacial score (nSPS) is 18.9. The fourth-order valence-corrected chi connectivity index (χ4v) is 17.1. The number of aromatic nitrogens is 1. The first-order valence-corrected chi connectivity index (χ1v) is 39.3. The molecule has 3 saturated heterocycles. The Morgan fingerprint density at radius 2 is 1.49 bits per heavy atom. The molecule has 550 valence electrons. The summed E-state index contributed by atoms with van der Waals surface area (Å²) < 4.78 is 126. The lowest BCUT2D eigenvalue weighted by molar-refractivity contribution is -0.144. The number of aliphatic hydroxyl groups excluding tert-OH is 1. The van der Waals surface area contributed by atoms with Gasteiger partial charge in [-0.1, -0.05) is 94.8 Å². The van der Waals surface area contributed by atoms with E-state index in [1.54, 1.807) is 29.0 Å². The maximum absolute atomic E-state index is 14.6. The van der Waals surface area contributed by atoms with Crippen molar-refractivity contribution in [1.29, 1.82) is 0 Å². The Balaban J connectivity index is 0.756. The van der Waals surface area contributed by atoms with E-state index in [9.17, 15) is 63.1 Å². The van der Waals surface area contributed by atoms with E-state index in [0.29, 0.717) is 97.3 Å². The van der Waals surface area contributed by atoms with Crippen LogP contribution >= 0.6 is 23.1 Å². The third-order valence-corrected chi connectivity index (χ3v) is 24.3. The molecule has 1 aromatic heterocycles. The first-order chi connectivity index (χ1) is 47.7. The van der Waals surface area contributed by atoms with Gasteiger partial charge in [-0.2, -0.15) is 13.2 Å². The second-order valence-corrected chi connectivity index (χ2v) is 34.2. The van der Waals surface area contributed by atoms with Crippen LogP contribution in [0.4, 0.5) is 33.3 Å².